The number of hydrogen-bond acceptors (Lipinski definition) is 2. The second-order valence-corrected chi connectivity index (χ2v) is 4.63. The molecule has 0 aliphatic carbocycles. The molecule has 0 saturated carbocycles. The average molecular weight is 442 g/mol. The predicted octanol–water partition coefficient (Wildman–Crippen LogP) is 3.23. The maximum atomic E-state index is 5.94. The van der Waals surface area contributed by atoms with Crippen molar-refractivity contribution in [3.05, 3.63) is 28.2 Å². The highest BCUT2D eigenvalue weighted by molar-refractivity contribution is 14.0. The van der Waals surface area contributed by atoms with Gasteiger partial charge < -0.3 is 15.4 Å². The molecule has 2 N–H and O–H groups in total. The molecule has 0 heterocycles. The molecule has 1 aromatic rings. The van der Waals surface area contributed by atoms with Gasteiger partial charge in [-0.3, -0.25) is 0 Å². The number of halogens is 2. The third-order valence-corrected chi connectivity index (χ3v) is 3.38. The van der Waals surface area contributed by atoms with E-state index >= 15 is 0 Å². The Labute approximate surface area is 140 Å². The summed E-state index contributed by atoms with van der Waals surface area (Å²) in [5.74, 6) is 1.38. The van der Waals surface area contributed by atoms with Crippen LogP contribution in [0.1, 0.15) is 19.4 Å². The van der Waals surface area contributed by atoms with Gasteiger partial charge in [-0.25, -0.2) is 4.99 Å². The molecule has 4 nitrogen and oxygen atoms in total. The molecule has 0 radical (unpaired) electrons. The molecule has 0 atom stereocenters. The van der Waals surface area contributed by atoms with E-state index in [2.05, 4.69) is 34.8 Å². The first-order valence-corrected chi connectivity index (χ1v) is 6.79. The Hall–Kier alpha value is -0.500. The molecule has 6 heteroatoms. The summed E-state index contributed by atoms with van der Waals surface area (Å²) in [5.41, 5.74) is 6.96. The van der Waals surface area contributed by atoms with Gasteiger partial charge in [-0.15, -0.1) is 24.0 Å². The van der Waals surface area contributed by atoms with Gasteiger partial charge in [0.15, 0.2) is 5.96 Å². The SMILES string of the molecule is CCN(CC)C(N)=NCc1cccc(Br)c1OC.I. The number of guanidine groups is 1. The summed E-state index contributed by atoms with van der Waals surface area (Å²) >= 11 is 3.46. The minimum absolute atomic E-state index is 0. The van der Waals surface area contributed by atoms with Crippen LogP contribution in [0, 0.1) is 0 Å². The minimum Gasteiger partial charge on any atom is -0.495 e. The quantitative estimate of drug-likeness (QED) is 0.433. The molecule has 0 amide bonds. The van der Waals surface area contributed by atoms with E-state index < -0.39 is 0 Å². The van der Waals surface area contributed by atoms with Crippen molar-refractivity contribution in [2.75, 3.05) is 20.2 Å². The Morgan fingerprint density at radius 1 is 1.37 bits per heavy atom. The van der Waals surface area contributed by atoms with Crippen LogP contribution >= 0.6 is 39.9 Å². The molecule has 0 saturated heterocycles. The number of para-hydroxylation sites is 1. The van der Waals surface area contributed by atoms with Gasteiger partial charge in [0, 0.05) is 18.7 Å². The molecule has 0 aliphatic rings. The summed E-state index contributed by atoms with van der Waals surface area (Å²) < 4.78 is 6.28. The lowest BCUT2D eigenvalue weighted by atomic mass is 10.2. The lowest BCUT2D eigenvalue weighted by molar-refractivity contribution is 0.407. The van der Waals surface area contributed by atoms with Gasteiger partial charge in [0.1, 0.15) is 5.75 Å². The molecular formula is C13H21BrIN3O. The fourth-order valence-electron chi connectivity index (χ4n) is 1.72. The zero-order valence-electron chi connectivity index (χ0n) is 11.5. The number of benzene rings is 1. The molecular weight excluding hydrogens is 421 g/mol. The molecule has 0 aromatic heterocycles. The lowest BCUT2D eigenvalue weighted by Gasteiger charge is -2.19. The Kier molecular flexibility index (Phi) is 9.16. The van der Waals surface area contributed by atoms with Gasteiger partial charge in [0.25, 0.3) is 0 Å². The number of rotatable bonds is 5. The van der Waals surface area contributed by atoms with Crippen LogP contribution in [0.4, 0.5) is 0 Å². The highest BCUT2D eigenvalue weighted by atomic mass is 127. The van der Waals surface area contributed by atoms with Gasteiger partial charge in [0.05, 0.1) is 18.1 Å². The monoisotopic (exact) mass is 441 g/mol. The summed E-state index contributed by atoms with van der Waals surface area (Å²) in [6.45, 7) is 6.37. The van der Waals surface area contributed by atoms with Crippen molar-refractivity contribution >= 4 is 45.9 Å². The molecule has 0 spiro atoms. The molecule has 0 fully saturated rings. The Morgan fingerprint density at radius 2 is 2.00 bits per heavy atom. The van der Waals surface area contributed by atoms with E-state index in [-0.39, 0.29) is 24.0 Å². The van der Waals surface area contributed by atoms with Crippen molar-refractivity contribution in [3.63, 3.8) is 0 Å². The first-order chi connectivity index (χ1) is 8.63. The number of methoxy groups -OCH3 is 1. The first-order valence-electron chi connectivity index (χ1n) is 6.00. The van der Waals surface area contributed by atoms with E-state index in [9.17, 15) is 0 Å². The summed E-state index contributed by atoms with van der Waals surface area (Å²) in [4.78, 5) is 6.42. The van der Waals surface area contributed by atoms with E-state index in [1.165, 1.54) is 0 Å². The first kappa shape index (κ1) is 18.5. The Bertz CT molecular complexity index is 422. The van der Waals surface area contributed by atoms with E-state index in [1.807, 2.05) is 23.1 Å². The number of aliphatic imine (C=N–C) groups is 1. The summed E-state index contributed by atoms with van der Waals surface area (Å²) in [5, 5.41) is 0. The number of nitrogens with two attached hydrogens (primary N) is 1. The summed E-state index contributed by atoms with van der Waals surface area (Å²) in [7, 11) is 1.65. The van der Waals surface area contributed by atoms with Crippen LogP contribution in [0.5, 0.6) is 5.75 Å². The van der Waals surface area contributed by atoms with Gasteiger partial charge in [-0.05, 0) is 35.8 Å². The van der Waals surface area contributed by atoms with Crippen molar-refractivity contribution in [2.24, 2.45) is 10.7 Å². The van der Waals surface area contributed by atoms with Crippen LogP contribution in [0.15, 0.2) is 27.7 Å². The zero-order valence-corrected chi connectivity index (χ0v) is 15.4. The third kappa shape index (κ3) is 5.18. The third-order valence-electron chi connectivity index (χ3n) is 2.75. The van der Waals surface area contributed by atoms with E-state index in [1.54, 1.807) is 7.11 Å². The highest BCUT2D eigenvalue weighted by Gasteiger charge is 2.07. The molecule has 0 aliphatic heterocycles. The van der Waals surface area contributed by atoms with Gasteiger partial charge in [0.2, 0.25) is 0 Å². The minimum atomic E-state index is 0. The number of hydrogen-bond donors (Lipinski definition) is 1. The van der Waals surface area contributed by atoms with E-state index in [0.29, 0.717) is 12.5 Å². The molecule has 1 rings (SSSR count). The molecule has 19 heavy (non-hydrogen) atoms. The fraction of sp³-hybridized carbons (Fsp3) is 0.462. The normalized spacial score (nSPS) is 10.8. The van der Waals surface area contributed by atoms with Crippen molar-refractivity contribution < 1.29 is 4.74 Å². The number of nitrogens with zero attached hydrogens (tertiary/aromatic N) is 2. The highest BCUT2D eigenvalue weighted by Crippen LogP contribution is 2.29. The van der Waals surface area contributed by atoms with Crippen molar-refractivity contribution in [1.29, 1.82) is 0 Å². The topological polar surface area (TPSA) is 50.8 Å². The van der Waals surface area contributed by atoms with Crippen LogP contribution in [0.25, 0.3) is 0 Å². The van der Waals surface area contributed by atoms with Crippen LogP contribution in [0.3, 0.4) is 0 Å². The van der Waals surface area contributed by atoms with Gasteiger partial charge in [-0.1, -0.05) is 12.1 Å². The fourth-order valence-corrected chi connectivity index (χ4v) is 2.29. The molecule has 108 valence electrons. The molecule has 0 unspecified atom stereocenters. The Morgan fingerprint density at radius 3 is 2.53 bits per heavy atom. The van der Waals surface area contributed by atoms with Crippen LogP contribution in [0.2, 0.25) is 0 Å². The van der Waals surface area contributed by atoms with E-state index in [0.717, 1.165) is 28.9 Å². The second kappa shape index (κ2) is 9.41. The summed E-state index contributed by atoms with van der Waals surface area (Å²) in [6.07, 6.45) is 0. The smallest absolute Gasteiger partial charge is 0.191 e. The average Bonchev–Trinajstić information content (AvgIpc) is 2.37. The predicted molar refractivity (Wildman–Crippen MR) is 94.4 cm³/mol. The van der Waals surface area contributed by atoms with E-state index in [4.69, 9.17) is 10.5 Å². The zero-order chi connectivity index (χ0) is 13.5. The largest absolute Gasteiger partial charge is 0.495 e. The van der Waals surface area contributed by atoms with Crippen molar-refractivity contribution in [1.82, 2.24) is 4.90 Å². The Balaban J connectivity index is 0.00000324. The van der Waals surface area contributed by atoms with Gasteiger partial charge >= 0.3 is 0 Å². The van der Waals surface area contributed by atoms with Gasteiger partial charge in [-0.2, -0.15) is 0 Å². The van der Waals surface area contributed by atoms with Crippen LogP contribution in [-0.4, -0.2) is 31.1 Å². The number of ether oxygens (including phenoxy) is 1. The van der Waals surface area contributed by atoms with Crippen LogP contribution < -0.4 is 10.5 Å². The summed E-state index contributed by atoms with van der Waals surface area (Å²) in [6, 6.07) is 5.90. The molecule has 0 bridgehead atoms. The lowest BCUT2D eigenvalue weighted by Crippen LogP contribution is -2.37. The maximum Gasteiger partial charge on any atom is 0.191 e. The van der Waals surface area contributed by atoms with Crippen molar-refractivity contribution in [2.45, 2.75) is 20.4 Å². The second-order valence-electron chi connectivity index (χ2n) is 3.78. The standard InChI is InChI=1S/C13H20BrN3O.HI/c1-4-17(5-2)13(15)16-9-10-7-6-8-11(14)12(10)18-3;/h6-8H,4-5,9H2,1-3H3,(H2,15,16);1H. The van der Waals surface area contributed by atoms with Crippen molar-refractivity contribution in [3.8, 4) is 5.75 Å². The molecule has 1 aromatic carbocycles. The maximum absolute atomic E-state index is 5.94. The van der Waals surface area contributed by atoms with Crippen LogP contribution in [-0.2, 0) is 6.54 Å².